The third-order valence-corrected chi connectivity index (χ3v) is 7.56. The molecular formula is C24H28ClN7. The molecule has 0 spiro atoms. The summed E-state index contributed by atoms with van der Waals surface area (Å²) in [5, 5.41) is 13.1. The summed E-state index contributed by atoms with van der Waals surface area (Å²) in [4.78, 5) is 13.9. The molecule has 3 aliphatic rings. The van der Waals surface area contributed by atoms with Crippen LogP contribution in [0.2, 0.25) is 5.02 Å². The zero-order valence-electron chi connectivity index (χ0n) is 18.3. The lowest BCUT2D eigenvalue weighted by molar-refractivity contribution is 0.494. The van der Waals surface area contributed by atoms with Gasteiger partial charge in [0.1, 0.15) is 12.1 Å². The van der Waals surface area contributed by atoms with E-state index >= 15 is 0 Å². The third kappa shape index (κ3) is 3.53. The number of allylic oxidation sites excluding steroid dienone is 1. The predicted octanol–water partition coefficient (Wildman–Crippen LogP) is 3.65. The second-order valence-corrected chi connectivity index (χ2v) is 9.76. The fourth-order valence-corrected chi connectivity index (χ4v) is 5.79. The quantitative estimate of drug-likeness (QED) is 0.635. The van der Waals surface area contributed by atoms with Gasteiger partial charge in [-0.15, -0.1) is 0 Å². The molecule has 3 fully saturated rings. The average Bonchev–Trinajstić information content (AvgIpc) is 3.51. The summed E-state index contributed by atoms with van der Waals surface area (Å²) in [5.41, 5.74) is 5.78. The Morgan fingerprint density at radius 1 is 1.03 bits per heavy atom. The first-order valence-electron chi connectivity index (χ1n) is 11.5. The van der Waals surface area contributed by atoms with E-state index in [-0.39, 0.29) is 0 Å². The molecule has 6 rings (SSSR count). The van der Waals surface area contributed by atoms with Gasteiger partial charge in [0.25, 0.3) is 0 Å². The van der Waals surface area contributed by atoms with Gasteiger partial charge >= 0.3 is 0 Å². The van der Waals surface area contributed by atoms with Gasteiger partial charge in [0.05, 0.1) is 11.1 Å². The molecule has 2 aliphatic heterocycles. The van der Waals surface area contributed by atoms with E-state index in [0.717, 1.165) is 78.7 Å². The monoisotopic (exact) mass is 449 g/mol. The fourth-order valence-electron chi connectivity index (χ4n) is 5.63. The number of H-pyrrole nitrogens is 1. The van der Waals surface area contributed by atoms with E-state index in [0.29, 0.717) is 0 Å². The maximum absolute atomic E-state index is 6.26. The van der Waals surface area contributed by atoms with E-state index in [1.165, 1.54) is 29.7 Å². The van der Waals surface area contributed by atoms with Crippen molar-refractivity contribution < 1.29 is 0 Å². The van der Waals surface area contributed by atoms with Crippen molar-refractivity contribution in [2.45, 2.75) is 19.8 Å². The largest absolute Gasteiger partial charge is 0.368 e. The van der Waals surface area contributed by atoms with E-state index in [9.17, 15) is 0 Å². The van der Waals surface area contributed by atoms with E-state index < -0.39 is 0 Å². The molecule has 0 unspecified atom stereocenters. The van der Waals surface area contributed by atoms with Crippen LogP contribution in [0.3, 0.4) is 0 Å². The van der Waals surface area contributed by atoms with E-state index in [2.05, 4.69) is 55.4 Å². The molecule has 7 nitrogen and oxygen atoms in total. The van der Waals surface area contributed by atoms with Crippen molar-refractivity contribution in [1.29, 1.82) is 0 Å². The first-order valence-corrected chi connectivity index (χ1v) is 11.9. The number of fused-ring (bicyclic) bond motifs is 2. The number of aromatic nitrogens is 4. The molecule has 0 radical (unpaired) electrons. The van der Waals surface area contributed by atoms with Gasteiger partial charge in [-0.05, 0) is 68.5 Å². The van der Waals surface area contributed by atoms with Crippen molar-refractivity contribution in [2.75, 3.05) is 49.1 Å². The second kappa shape index (κ2) is 8.05. The Labute approximate surface area is 192 Å². The predicted molar refractivity (Wildman–Crippen MR) is 129 cm³/mol. The van der Waals surface area contributed by atoms with Crippen molar-refractivity contribution in [3.05, 3.63) is 46.4 Å². The van der Waals surface area contributed by atoms with Crippen LogP contribution < -0.4 is 15.1 Å². The van der Waals surface area contributed by atoms with Gasteiger partial charge < -0.3 is 15.1 Å². The number of halogens is 1. The standard InChI is InChI=1S/C24H28ClN7/c1-15-2-3-19(25)11-21(15)31-4-6-32(7-5-31)24-22-20(29-30-23(22)27-14-28-24)10-16-8-17-12-26-13-18(17)9-16/h2-3,10-11,14,17-18,26H,4-9,12-13H2,1H3,(H,27,28,29,30)/b16-10-/t17-,18+/m0/s1. The number of hydrogen-bond donors (Lipinski definition) is 2. The van der Waals surface area contributed by atoms with Gasteiger partial charge in [-0.2, -0.15) is 5.10 Å². The topological polar surface area (TPSA) is 73.0 Å². The highest BCUT2D eigenvalue weighted by molar-refractivity contribution is 6.30. The molecule has 166 valence electrons. The van der Waals surface area contributed by atoms with Crippen LogP contribution in [0, 0.1) is 18.8 Å². The smallest absolute Gasteiger partial charge is 0.161 e. The number of nitrogens with one attached hydrogen (secondary N) is 2. The summed E-state index contributed by atoms with van der Waals surface area (Å²) < 4.78 is 0. The highest BCUT2D eigenvalue weighted by Gasteiger charge is 2.34. The number of benzene rings is 1. The molecule has 2 aromatic heterocycles. The molecule has 2 N–H and O–H groups in total. The minimum Gasteiger partial charge on any atom is -0.368 e. The summed E-state index contributed by atoms with van der Waals surface area (Å²) in [6, 6.07) is 6.12. The highest BCUT2D eigenvalue weighted by Crippen LogP contribution is 2.39. The van der Waals surface area contributed by atoms with Crippen molar-refractivity contribution in [3.63, 3.8) is 0 Å². The van der Waals surface area contributed by atoms with Crippen LogP contribution in [0.25, 0.3) is 17.1 Å². The van der Waals surface area contributed by atoms with Gasteiger partial charge in [0, 0.05) is 36.9 Å². The third-order valence-electron chi connectivity index (χ3n) is 7.33. The lowest BCUT2D eigenvalue weighted by Crippen LogP contribution is -2.47. The molecule has 1 aliphatic carbocycles. The maximum Gasteiger partial charge on any atom is 0.161 e. The minimum absolute atomic E-state index is 0.783. The number of hydrogen-bond acceptors (Lipinski definition) is 6. The van der Waals surface area contributed by atoms with Gasteiger partial charge in [0.15, 0.2) is 5.65 Å². The molecule has 1 saturated carbocycles. The van der Waals surface area contributed by atoms with Crippen molar-refractivity contribution in [2.24, 2.45) is 11.8 Å². The Morgan fingerprint density at radius 2 is 1.78 bits per heavy atom. The normalized spacial score (nSPS) is 24.6. The van der Waals surface area contributed by atoms with E-state index in [1.54, 1.807) is 6.33 Å². The summed E-state index contributed by atoms with van der Waals surface area (Å²) >= 11 is 6.26. The minimum atomic E-state index is 0.783. The summed E-state index contributed by atoms with van der Waals surface area (Å²) in [6.07, 6.45) is 6.28. The van der Waals surface area contributed by atoms with Crippen molar-refractivity contribution >= 4 is 40.2 Å². The molecule has 32 heavy (non-hydrogen) atoms. The second-order valence-electron chi connectivity index (χ2n) is 9.32. The average molecular weight is 450 g/mol. The van der Waals surface area contributed by atoms with Gasteiger partial charge in [-0.25, -0.2) is 9.97 Å². The molecule has 2 saturated heterocycles. The first-order chi connectivity index (χ1) is 15.7. The Kier molecular flexibility index (Phi) is 5.03. The van der Waals surface area contributed by atoms with Crippen molar-refractivity contribution in [3.8, 4) is 0 Å². The fraction of sp³-hybridized carbons (Fsp3) is 0.458. The Balaban J connectivity index is 1.25. The SMILES string of the molecule is Cc1ccc(Cl)cc1N1CCN(c2ncnc3[nH]nc(/C=C4/C[C@H]5CNC[C@H]5C4)c23)CC1. The van der Waals surface area contributed by atoms with Crippen LogP contribution in [-0.2, 0) is 0 Å². The number of rotatable bonds is 3. The summed E-state index contributed by atoms with van der Waals surface area (Å²) in [6.45, 7) is 8.09. The van der Waals surface area contributed by atoms with Crippen molar-refractivity contribution in [1.82, 2.24) is 25.5 Å². The van der Waals surface area contributed by atoms with Gasteiger partial charge in [-0.3, -0.25) is 5.10 Å². The molecule has 2 atom stereocenters. The highest BCUT2D eigenvalue weighted by atomic mass is 35.5. The molecule has 0 amide bonds. The number of nitrogens with zero attached hydrogens (tertiary/aromatic N) is 5. The molecule has 3 aromatic rings. The lowest BCUT2D eigenvalue weighted by atomic mass is 10.0. The van der Waals surface area contributed by atoms with Gasteiger partial charge in [-0.1, -0.05) is 23.2 Å². The zero-order valence-corrected chi connectivity index (χ0v) is 19.1. The van der Waals surface area contributed by atoms with E-state index in [1.807, 2.05) is 6.07 Å². The van der Waals surface area contributed by atoms with Crippen LogP contribution >= 0.6 is 11.6 Å². The van der Waals surface area contributed by atoms with Crippen LogP contribution in [0.5, 0.6) is 0 Å². The van der Waals surface area contributed by atoms with E-state index in [4.69, 9.17) is 16.6 Å². The Bertz CT molecular complexity index is 1160. The van der Waals surface area contributed by atoms with Crippen LogP contribution in [0.4, 0.5) is 11.5 Å². The summed E-state index contributed by atoms with van der Waals surface area (Å²) in [7, 11) is 0. The molecule has 0 bridgehead atoms. The van der Waals surface area contributed by atoms with Crippen LogP contribution in [-0.4, -0.2) is 59.4 Å². The number of aromatic amines is 1. The number of piperazine rings is 1. The van der Waals surface area contributed by atoms with Crippen LogP contribution in [0.1, 0.15) is 24.1 Å². The van der Waals surface area contributed by atoms with Gasteiger partial charge in [0.2, 0.25) is 0 Å². The lowest BCUT2D eigenvalue weighted by Gasteiger charge is -2.37. The molecule has 4 heterocycles. The molecule has 8 heteroatoms. The number of anilines is 2. The molecular weight excluding hydrogens is 422 g/mol. The zero-order chi connectivity index (χ0) is 21.7. The summed E-state index contributed by atoms with van der Waals surface area (Å²) in [5.74, 6) is 2.55. The maximum atomic E-state index is 6.26. The Morgan fingerprint density at radius 3 is 2.56 bits per heavy atom. The molecule has 1 aromatic carbocycles. The van der Waals surface area contributed by atoms with Crippen LogP contribution in [0.15, 0.2) is 30.1 Å². The Hall–Kier alpha value is -2.64. The number of aryl methyl sites for hydroxylation is 1. The first kappa shape index (κ1) is 20.0.